The minimum atomic E-state index is -0.546. The molecule has 0 aliphatic carbocycles. The highest BCUT2D eigenvalue weighted by atomic mass is 16.2. The van der Waals surface area contributed by atoms with Crippen LogP contribution in [0.1, 0.15) is 34.8 Å². The second kappa shape index (κ2) is 7.57. The van der Waals surface area contributed by atoms with Gasteiger partial charge in [0.1, 0.15) is 5.65 Å². The van der Waals surface area contributed by atoms with Crippen LogP contribution in [0.2, 0.25) is 0 Å². The highest BCUT2D eigenvalue weighted by Gasteiger charge is 2.18. The van der Waals surface area contributed by atoms with Gasteiger partial charge in [0.05, 0.1) is 10.9 Å². The number of hydrogen-bond donors (Lipinski definition) is 1. The van der Waals surface area contributed by atoms with Crippen LogP contribution in [-0.2, 0) is 13.6 Å². The number of nitrogens with zero attached hydrogens (tertiary/aromatic N) is 3. The number of nitrogens with one attached hydrogen (secondary N) is 1. The Morgan fingerprint density at radius 3 is 2.59 bits per heavy atom. The maximum atomic E-state index is 13.0. The van der Waals surface area contributed by atoms with E-state index in [4.69, 9.17) is 0 Å². The number of benzene rings is 1. The van der Waals surface area contributed by atoms with Gasteiger partial charge in [0.15, 0.2) is 0 Å². The predicted octanol–water partition coefficient (Wildman–Crippen LogP) is 1.98. The van der Waals surface area contributed by atoms with Crippen molar-refractivity contribution in [3.8, 4) is 0 Å². The first-order chi connectivity index (χ1) is 12.9. The van der Waals surface area contributed by atoms with Crippen LogP contribution in [0.15, 0.2) is 46.1 Å². The number of amides is 1. The first-order valence-corrected chi connectivity index (χ1v) is 8.84. The number of pyridine rings is 1. The molecule has 0 bridgehead atoms. The Bertz CT molecular complexity index is 1100. The summed E-state index contributed by atoms with van der Waals surface area (Å²) < 4.78 is 1.25. The van der Waals surface area contributed by atoms with Crippen molar-refractivity contribution in [2.24, 2.45) is 7.05 Å². The molecule has 0 unspecified atom stereocenters. The van der Waals surface area contributed by atoms with E-state index in [9.17, 15) is 14.4 Å². The average Bonchev–Trinajstić information content (AvgIpc) is 2.66. The number of rotatable bonds is 5. The van der Waals surface area contributed by atoms with Crippen molar-refractivity contribution in [3.05, 3.63) is 74.1 Å². The van der Waals surface area contributed by atoms with Gasteiger partial charge in [-0.3, -0.25) is 19.1 Å². The third kappa shape index (κ3) is 3.81. The zero-order valence-electron chi connectivity index (χ0n) is 15.7. The maximum Gasteiger partial charge on any atom is 0.329 e. The molecule has 140 valence electrons. The van der Waals surface area contributed by atoms with Gasteiger partial charge in [0.25, 0.3) is 11.5 Å². The average molecular weight is 366 g/mol. The van der Waals surface area contributed by atoms with Crippen LogP contribution in [0.25, 0.3) is 11.0 Å². The van der Waals surface area contributed by atoms with Gasteiger partial charge in [0.2, 0.25) is 0 Å². The Kier molecular flexibility index (Phi) is 5.21. The third-order valence-electron chi connectivity index (χ3n) is 4.48. The fourth-order valence-corrected chi connectivity index (χ4v) is 2.97. The van der Waals surface area contributed by atoms with Gasteiger partial charge in [-0.2, -0.15) is 0 Å². The summed E-state index contributed by atoms with van der Waals surface area (Å²) in [6, 6.07) is 9.54. The number of carbonyl (C=O) groups is 1. The van der Waals surface area contributed by atoms with Gasteiger partial charge >= 0.3 is 5.69 Å². The topological polar surface area (TPSA) is 88.1 Å². The highest BCUT2D eigenvalue weighted by Crippen LogP contribution is 2.14. The van der Waals surface area contributed by atoms with Crippen LogP contribution < -0.4 is 11.2 Å². The Balaban J connectivity index is 1.97. The molecule has 2 aromatic heterocycles. The molecule has 27 heavy (non-hydrogen) atoms. The highest BCUT2D eigenvalue weighted by molar-refractivity contribution is 5.96. The van der Waals surface area contributed by atoms with E-state index in [0.717, 1.165) is 17.5 Å². The molecule has 1 amide bonds. The lowest BCUT2D eigenvalue weighted by molar-refractivity contribution is 0.0743. The molecule has 3 rings (SSSR count). The monoisotopic (exact) mass is 366 g/mol. The molecule has 1 N–H and O–H groups in total. The van der Waals surface area contributed by atoms with E-state index in [1.807, 2.05) is 38.1 Å². The van der Waals surface area contributed by atoms with Crippen molar-refractivity contribution < 1.29 is 4.79 Å². The molecular weight excluding hydrogens is 344 g/mol. The molecule has 0 spiro atoms. The number of hydrogen-bond acceptors (Lipinski definition) is 4. The SMILES string of the molecule is CCCN(Cc1ccc(C)cc1)C(=O)c1cnc2c(c1)c(=O)[nH]c(=O)n2C. The molecular formula is C20H22N4O3. The Morgan fingerprint density at radius 1 is 1.22 bits per heavy atom. The summed E-state index contributed by atoms with van der Waals surface area (Å²) in [5.41, 5.74) is 1.70. The summed E-state index contributed by atoms with van der Waals surface area (Å²) in [5.74, 6) is -0.194. The van der Waals surface area contributed by atoms with Gasteiger partial charge in [-0.1, -0.05) is 36.8 Å². The minimum absolute atomic E-state index is 0.194. The third-order valence-corrected chi connectivity index (χ3v) is 4.48. The van der Waals surface area contributed by atoms with E-state index in [1.165, 1.54) is 23.9 Å². The van der Waals surface area contributed by atoms with Gasteiger partial charge in [-0.15, -0.1) is 0 Å². The second-order valence-electron chi connectivity index (χ2n) is 6.63. The Hall–Kier alpha value is -3.22. The quantitative estimate of drug-likeness (QED) is 0.748. The summed E-state index contributed by atoms with van der Waals surface area (Å²) in [6.45, 7) is 5.10. The number of carbonyl (C=O) groups excluding carboxylic acids is 1. The van der Waals surface area contributed by atoms with Crippen molar-refractivity contribution in [2.45, 2.75) is 26.8 Å². The molecule has 0 radical (unpaired) electrons. The lowest BCUT2D eigenvalue weighted by Crippen LogP contribution is -2.32. The van der Waals surface area contributed by atoms with Crippen LogP contribution in [0.4, 0.5) is 0 Å². The van der Waals surface area contributed by atoms with E-state index in [0.29, 0.717) is 18.7 Å². The van der Waals surface area contributed by atoms with Crippen LogP contribution in [0, 0.1) is 6.92 Å². The summed E-state index contributed by atoms with van der Waals surface area (Å²) in [4.78, 5) is 45.0. The number of H-pyrrole nitrogens is 1. The van der Waals surface area contributed by atoms with E-state index >= 15 is 0 Å². The van der Waals surface area contributed by atoms with Crippen LogP contribution >= 0.6 is 0 Å². The Labute approximate surface area is 156 Å². The van der Waals surface area contributed by atoms with Crippen molar-refractivity contribution in [1.29, 1.82) is 0 Å². The maximum absolute atomic E-state index is 13.0. The van der Waals surface area contributed by atoms with Crippen LogP contribution in [0.5, 0.6) is 0 Å². The van der Waals surface area contributed by atoms with Crippen LogP contribution in [0.3, 0.4) is 0 Å². The number of aryl methyl sites for hydroxylation is 2. The molecule has 0 aliphatic heterocycles. The molecule has 3 aromatic rings. The van der Waals surface area contributed by atoms with E-state index in [-0.39, 0.29) is 16.9 Å². The molecule has 2 heterocycles. The second-order valence-corrected chi connectivity index (χ2v) is 6.63. The van der Waals surface area contributed by atoms with E-state index < -0.39 is 11.2 Å². The summed E-state index contributed by atoms with van der Waals surface area (Å²) in [5, 5.41) is 0.217. The molecule has 7 nitrogen and oxygen atoms in total. The number of aromatic amines is 1. The smallest absolute Gasteiger partial charge is 0.329 e. The standard InChI is InChI=1S/C20H22N4O3/c1-4-9-24(12-14-7-5-13(2)6-8-14)19(26)15-10-16-17(21-11-15)23(3)20(27)22-18(16)25/h5-8,10-11H,4,9,12H2,1-3H3,(H,22,25,27). The zero-order valence-corrected chi connectivity index (χ0v) is 15.7. The minimum Gasteiger partial charge on any atom is -0.334 e. The molecule has 0 aliphatic rings. The molecule has 1 aromatic carbocycles. The van der Waals surface area contributed by atoms with Gasteiger partial charge in [-0.05, 0) is 25.0 Å². The molecule has 0 fully saturated rings. The normalized spacial score (nSPS) is 10.9. The van der Waals surface area contributed by atoms with Gasteiger partial charge < -0.3 is 4.90 Å². The molecule has 0 atom stereocenters. The van der Waals surface area contributed by atoms with Crippen LogP contribution in [-0.4, -0.2) is 31.9 Å². The lowest BCUT2D eigenvalue weighted by Gasteiger charge is -2.22. The zero-order chi connectivity index (χ0) is 19.6. The van der Waals surface area contributed by atoms with Crippen molar-refractivity contribution in [2.75, 3.05) is 6.54 Å². The summed E-state index contributed by atoms with van der Waals surface area (Å²) in [6.07, 6.45) is 2.23. The molecule has 0 saturated carbocycles. The van der Waals surface area contributed by atoms with Gasteiger partial charge in [-0.25, -0.2) is 9.78 Å². The largest absolute Gasteiger partial charge is 0.334 e. The summed E-state index contributed by atoms with van der Waals surface area (Å²) in [7, 11) is 1.52. The lowest BCUT2D eigenvalue weighted by atomic mass is 10.1. The van der Waals surface area contributed by atoms with Crippen molar-refractivity contribution in [3.63, 3.8) is 0 Å². The fourth-order valence-electron chi connectivity index (χ4n) is 2.97. The van der Waals surface area contributed by atoms with E-state index in [2.05, 4.69) is 9.97 Å². The Morgan fingerprint density at radius 2 is 1.93 bits per heavy atom. The fraction of sp³-hybridized carbons (Fsp3) is 0.300. The number of aromatic nitrogens is 3. The predicted molar refractivity (Wildman–Crippen MR) is 104 cm³/mol. The molecule has 7 heteroatoms. The van der Waals surface area contributed by atoms with E-state index in [1.54, 1.807) is 4.90 Å². The first kappa shape index (κ1) is 18.6. The van der Waals surface area contributed by atoms with Gasteiger partial charge in [0, 0.05) is 26.3 Å². The van der Waals surface area contributed by atoms with Crippen molar-refractivity contribution >= 4 is 16.9 Å². The summed E-state index contributed by atoms with van der Waals surface area (Å²) >= 11 is 0. The number of fused-ring (bicyclic) bond motifs is 1. The van der Waals surface area contributed by atoms with Crippen molar-refractivity contribution in [1.82, 2.24) is 19.4 Å². The first-order valence-electron chi connectivity index (χ1n) is 8.84. The molecule has 0 saturated heterocycles.